The first kappa shape index (κ1) is 20.3. The molecular weight excluding hydrogens is 400 g/mol. The first-order valence-corrected chi connectivity index (χ1v) is 11.0. The van der Waals surface area contributed by atoms with E-state index in [-0.39, 0.29) is 23.5 Å². The van der Waals surface area contributed by atoms with Gasteiger partial charge in [-0.2, -0.15) is 0 Å². The normalized spacial score (nSPS) is 14.8. The summed E-state index contributed by atoms with van der Waals surface area (Å²) in [6.45, 7) is 5.00. The van der Waals surface area contributed by atoms with Gasteiger partial charge in [0.2, 0.25) is 11.8 Å². The number of aryl methyl sites for hydroxylation is 2. The van der Waals surface area contributed by atoms with Gasteiger partial charge in [-0.1, -0.05) is 30.0 Å². The highest BCUT2D eigenvalue weighted by atomic mass is 32.2. The Morgan fingerprint density at radius 2 is 1.87 bits per heavy atom. The molecule has 30 heavy (non-hydrogen) atoms. The third kappa shape index (κ3) is 4.46. The summed E-state index contributed by atoms with van der Waals surface area (Å²) in [4.78, 5) is 31.4. The van der Waals surface area contributed by atoms with Crippen LogP contribution < -0.4 is 5.32 Å². The van der Waals surface area contributed by atoms with Crippen LogP contribution in [0.1, 0.15) is 24.4 Å². The zero-order valence-corrected chi connectivity index (χ0v) is 17.9. The van der Waals surface area contributed by atoms with Crippen LogP contribution in [0.5, 0.6) is 0 Å². The van der Waals surface area contributed by atoms with Crippen molar-refractivity contribution in [1.82, 2.24) is 24.5 Å². The average molecular weight is 425 g/mol. The van der Waals surface area contributed by atoms with Crippen molar-refractivity contribution in [2.45, 2.75) is 31.8 Å². The van der Waals surface area contributed by atoms with Crippen LogP contribution in [0.3, 0.4) is 0 Å². The number of carbonyl (C=O) groups is 2. The Morgan fingerprint density at radius 1 is 1.13 bits per heavy atom. The predicted molar refractivity (Wildman–Crippen MR) is 115 cm³/mol. The van der Waals surface area contributed by atoms with Crippen LogP contribution in [-0.4, -0.2) is 55.1 Å². The van der Waals surface area contributed by atoms with E-state index in [4.69, 9.17) is 0 Å². The third-order valence-corrected chi connectivity index (χ3v) is 6.16. The van der Waals surface area contributed by atoms with Crippen LogP contribution >= 0.6 is 11.8 Å². The molecule has 0 atom stereocenters. The third-order valence-electron chi connectivity index (χ3n) is 5.24. The van der Waals surface area contributed by atoms with E-state index < -0.39 is 0 Å². The van der Waals surface area contributed by atoms with Crippen LogP contribution in [0.15, 0.2) is 41.6 Å². The van der Waals surface area contributed by atoms with Gasteiger partial charge in [-0.3, -0.25) is 14.0 Å². The molecule has 0 spiro atoms. The molecule has 0 aliphatic carbocycles. The molecule has 1 aliphatic heterocycles. The number of nitrogens with zero attached hydrogens (tertiary/aromatic N) is 5. The first-order valence-electron chi connectivity index (χ1n) is 9.97. The van der Waals surface area contributed by atoms with Gasteiger partial charge in [0.1, 0.15) is 5.82 Å². The molecule has 156 valence electrons. The zero-order chi connectivity index (χ0) is 21.1. The second-order valence-electron chi connectivity index (χ2n) is 7.42. The molecule has 3 aromatic rings. The van der Waals surface area contributed by atoms with E-state index in [0.29, 0.717) is 31.1 Å². The Kier molecular flexibility index (Phi) is 5.98. The second kappa shape index (κ2) is 8.83. The topological polar surface area (TPSA) is 92.5 Å². The maximum atomic E-state index is 12.7. The fraction of sp³-hybridized carbons (Fsp3) is 0.381. The molecule has 1 aromatic carbocycles. The van der Waals surface area contributed by atoms with Crippen LogP contribution in [0.2, 0.25) is 0 Å². The molecule has 1 aliphatic rings. The largest absolute Gasteiger partial charge is 0.342 e. The molecule has 0 radical (unpaired) electrons. The molecule has 0 bridgehead atoms. The summed E-state index contributed by atoms with van der Waals surface area (Å²) < 4.78 is 1.87. The van der Waals surface area contributed by atoms with Crippen molar-refractivity contribution < 1.29 is 9.59 Å². The SMILES string of the molecule is Cc1cc2nnc(SCC(=O)N3CCC(C(=O)Nc4ccccc4)CC3)n2c(C)n1. The molecule has 9 heteroatoms. The Balaban J connectivity index is 1.29. The van der Waals surface area contributed by atoms with Crippen molar-refractivity contribution in [2.24, 2.45) is 5.92 Å². The number of anilines is 1. The molecule has 0 unspecified atom stereocenters. The van der Waals surface area contributed by atoms with Crippen molar-refractivity contribution in [3.05, 3.63) is 47.9 Å². The molecule has 2 aromatic heterocycles. The second-order valence-corrected chi connectivity index (χ2v) is 8.36. The molecule has 3 heterocycles. The quantitative estimate of drug-likeness (QED) is 0.633. The molecule has 8 nitrogen and oxygen atoms in total. The fourth-order valence-corrected chi connectivity index (χ4v) is 4.56. The monoisotopic (exact) mass is 424 g/mol. The molecule has 4 rings (SSSR count). The van der Waals surface area contributed by atoms with Gasteiger partial charge in [-0.25, -0.2) is 4.98 Å². The lowest BCUT2D eigenvalue weighted by atomic mass is 9.96. The van der Waals surface area contributed by atoms with E-state index in [9.17, 15) is 9.59 Å². The number of rotatable bonds is 5. The lowest BCUT2D eigenvalue weighted by Crippen LogP contribution is -2.42. The number of thioether (sulfide) groups is 1. The van der Waals surface area contributed by atoms with E-state index >= 15 is 0 Å². The van der Waals surface area contributed by atoms with E-state index in [0.717, 1.165) is 22.9 Å². The smallest absolute Gasteiger partial charge is 0.233 e. The maximum Gasteiger partial charge on any atom is 0.233 e. The standard InChI is InChI=1S/C21H24N6O2S/c1-14-12-18-24-25-21(27(18)15(2)22-14)30-13-19(28)26-10-8-16(9-11-26)20(29)23-17-6-4-3-5-7-17/h3-7,12,16H,8-11,13H2,1-2H3,(H,23,29). The van der Waals surface area contributed by atoms with E-state index in [1.807, 2.05) is 59.5 Å². The number of likely N-dealkylation sites (tertiary alicyclic amines) is 1. The number of nitrogens with one attached hydrogen (secondary N) is 1. The Hall–Kier alpha value is -2.94. The summed E-state index contributed by atoms with van der Waals surface area (Å²) in [5, 5.41) is 12.0. The van der Waals surface area contributed by atoms with Gasteiger partial charge < -0.3 is 10.2 Å². The number of piperidine rings is 1. The number of hydrogen-bond donors (Lipinski definition) is 1. The number of aromatic nitrogens is 4. The van der Waals surface area contributed by atoms with Gasteiger partial charge in [-0.15, -0.1) is 10.2 Å². The number of amides is 2. The summed E-state index contributed by atoms with van der Waals surface area (Å²) in [5.74, 6) is 1.09. The molecule has 2 amide bonds. The number of carbonyl (C=O) groups excluding carboxylic acids is 2. The van der Waals surface area contributed by atoms with Crippen molar-refractivity contribution in [2.75, 3.05) is 24.2 Å². The van der Waals surface area contributed by atoms with E-state index in [1.165, 1.54) is 11.8 Å². The highest BCUT2D eigenvalue weighted by Gasteiger charge is 2.27. The van der Waals surface area contributed by atoms with Gasteiger partial charge >= 0.3 is 0 Å². The molecule has 1 N–H and O–H groups in total. The number of para-hydroxylation sites is 1. The molecular formula is C21H24N6O2S. The molecule has 0 saturated carbocycles. The van der Waals surface area contributed by atoms with Gasteiger partial charge in [-0.05, 0) is 38.8 Å². The molecule has 1 saturated heterocycles. The Labute approximate surface area is 179 Å². The minimum Gasteiger partial charge on any atom is -0.342 e. The molecule has 1 fully saturated rings. The summed E-state index contributed by atoms with van der Waals surface area (Å²) in [6.07, 6.45) is 1.34. The highest BCUT2D eigenvalue weighted by molar-refractivity contribution is 7.99. The Morgan fingerprint density at radius 3 is 2.60 bits per heavy atom. The van der Waals surface area contributed by atoms with Crippen molar-refractivity contribution in [1.29, 1.82) is 0 Å². The number of fused-ring (bicyclic) bond motifs is 1. The van der Waals surface area contributed by atoms with Gasteiger partial charge in [0.25, 0.3) is 0 Å². The van der Waals surface area contributed by atoms with Crippen LogP contribution in [0.4, 0.5) is 5.69 Å². The summed E-state index contributed by atoms with van der Waals surface area (Å²) >= 11 is 1.37. The van der Waals surface area contributed by atoms with Crippen LogP contribution in [-0.2, 0) is 9.59 Å². The minimum atomic E-state index is -0.0701. The zero-order valence-electron chi connectivity index (χ0n) is 17.0. The highest BCUT2D eigenvalue weighted by Crippen LogP contribution is 2.23. The van der Waals surface area contributed by atoms with E-state index in [1.54, 1.807) is 0 Å². The van der Waals surface area contributed by atoms with E-state index in [2.05, 4.69) is 20.5 Å². The maximum absolute atomic E-state index is 12.7. The summed E-state index contributed by atoms with van der Waals surface area (Å²) in [6, 6.07) is 11.3. The Bertz CT molecular complexity index is 1060. The lowest BCUT2D eigenvalue weighted by Gasteiger charge is -2.31. The van der Waals surface area contributed by atoms with Crippen molar-refractivity contribution >= 4 is 34.9 Å². The predicted octanol–water partition coefficient (Wildman–Crippen LogP) is 2.71. The summed E-state index contributed by atoms with van der Waals surface area (Å²) in [7, 11) is 0. The lowest BCUT2D eigenvalue weighted by molar-refractivity contribution is -0.132. The fourth-order valence-electron chi connectivity index (χ4n) is 3.67. The number of hydrogen-bond acceptors (Lipinski definition) is 6. The average Bonchev–Trinajstić information content (AvgIpc) is 3.16. The summed E-state index contributed by atoms with van der Waals surface area (Å²) in [5.41, 5.74) is 2.43. The van der Waals surface area contributed by atoms with Crippen molar-refractivity contribution in [3.63, 3.8) is 0 Å². The van der Waals surface area contributed by atoms with Gasteiger partial charge in [0, 0.05) is 36.5 Å². The van der Waals surface area contributed by atoms with Gasteiger partial charge in [0.15, 0.2) is 10.8 Å². The van der Waals surface area contributed by atoms with Crippen LogP contribution in [0, 0.1) is 19.8 Å². The first-order chi connectivity index (χ1) is 14.5. The van der Waals surface area contributed by atoms with Gasteiger partial charge in [0.05, 0.1) is 5.75 Å². The van der Waals surface area contributed by atoms with Crippen LogP contribution in [0.25, 0.3) is 5.65 Å². The minimum absolute atomic E-state index is 0.0240. The number of benzene rings is 1. The van der Waals surface area contributed by atoms with Crippen molar-refractivity contribution in [3.8, 4) is 0 Å².